The van der Waals surface area contributed by atoms with Gasteiger partial charge in [-0.2, -0.15) is 4.39 Å². The van der Waals surface area contributed by atoms with Crippen LogP contribution in [0.25, 0.3) is 0 Å². The van der Waals surface area contributed by atoms with Crippen LogP contribution in [-0.4, -0.2) is 13.0 Å². The van der Waals surface area contributed by atoms with Gasteiger partial charge in [0.2, 0.25) is 5.82 Å². The monoisotopic (exact) mass is 359 g/mol. The lowest BCUT2D eigenvalue weighted by molar-refractivity contribution is 0.102. The SMILES string of the molecule is COc1c(F)c(F)cc(C(=O)Nc2ccc(Br)cc2)c1F. The van der Waals surface area contributed by atoms with E-state index in [4.69, 9.17) is 0 Å². The second kappa shape index (κ2) is 6.17. The molecular weight excluding hydrogens is 351 g/mol. The van der Waals surface area contributed by atoms with Crippen LogP contribution < -0.4 is 10.1 Å². The second-order valence-corrected chi connectivity index (χ2v) is 4.94. The Balaban J connectivity index is 2.35. The van der Waals surface area contributed by atoms with Crippen molar-refractivity contribution in [3.05, 3.63) is 57.8 Å². The summed E-state index contributed by atoms with van der Waals surface area (Å²) in [4.78, 5) is 11.9. The van der Waals surface area contributed by atoms with Gasteiger partial charge in [-0.1, -0.05) is 15.9 Å². The lowest BCUT2D eigenvalue weighted by atomic mass is 10.1. The molecule has 0 spiro atoms. The number of carbonyl (C=O) groups excluding carboxylic acids is 1. The zero-order valence-corrected chi connectivity index (χ0v) is 12.3. The van der Waals surface area contributed by atoms with E-state index in [1.165, 1.54) is 0 Å². The number of nitrogens with one attached hydrogen (secondary N) is 1. The summed E-state index contributed by atoms with van der Waals surface area (Å²) in [5.41, 5.74) is -0.264. The Morgan fingerprint density at radius 1 is 1.14 bits per heavy atom. The van der Waals surface area contributed by atoms with Crippen LogP contribution >= 0.6 is 15.9 Å². The molecule has 0 saturated heterocycles. The molecule has 0 aliphatic heterocycles. The lowest BCUT2D eigenvalue weighted by Crippen LogP contribution is -2.15. The summed E-state index contributed by atoms with van der Waals surface area (Å²) in [5, 5.41) is 2.38. The van der Waals surface area contributed by atoms with Crippen LogP contribution in [0.3, 0.4) is 0 Å². The minimum Gasteiger partial charge on any atom is -0.491 e. The van der Waals surface area contributed by atoms with Gasteiger partial charge in [0, 0.05) is 10.2 Å². The van der Waals surface area contributed by atoms with Crippen LogP contribution in [0.5, 0.6) is 5.75 Å². The van der Waals surface area contributed by atoms with Crippen LogP contribution in [0.1, 0.15) is 10.4 Å². The summed E-state index contributed by atoms with van der Waals surface area (Å²) in [7, 11) is 0.983. The molecule has 3 nitrogen and oxygen atoms in total. The van der Waals surface area contributed by atoms with Gasteiger partial charge in [0.1, 0.15) is 0 Å². The molecular formula is C14H9BrF3NO2. The highest BCUT2D eigenvalue weighted by molar-refractivity contribution is 9.10. The highest BCUT2D eigenvalue weighted by Crippen LogP contribution is 2.27. The molecule has 0 fully saturated rings. The maximum atomic E-state index is 13.9. The first-order valence-electron chi connectivity index (χ1n) is 5.72. The van der Waals surface area contributed by atoms with Gasteiger partial charge in [-0.25, -0.2) is 8.78 Å². The van der Waals surface area contributed by atoms with Crippen molar-refractivity contribution in [2.45, 2.75) is 0 Å². The molecule has 1 N–H and O–H groups in total. The first kappa shape index (κ1) is 15.4. The molecule has 0 aromatic heterocycles. The molecule has 0 heterocycles. The number of carbonyl (C=O) groups is 1. The average molecular weight is 360 g/mol. The Kier molecular flexibility index (Phi) is 4.52. The van der Waals surface area contributed by atoms with Crippen LogP contribution in [-0.2, 0) is 0 Å². The number of benzene rings is 2. The Labute approximate surface area is 126 Å². The zero-order chi connectivity index (χ0) is 15.6. The molecule has 7 heteroatoms. The summed E-state index contributed by atoms with van der Waals surface area (Å²) in [6.45, 7) is 0. The van der Waals surface area contributed by atoms with Gasteiger partial charge in [-0.15, -0.1) is 0 Å². The number of anilines is 1. The van der Waals surface area contributed by atoms with E-state index >= 15 is 0 Å². The number of rotatable bonds is 3. The van der Waals surface area contributed by atoms with Gasteiger partial charge in [-0.3, -0.25) is 4.79 Å². The highest BCUT2D eigenvalue weighted by atomic mass is 79.9. The summed E-state index contributed by atoms with van der Waals surface area (Å²) in [6.07, 6.45) is 0. The molecule has 0 atom stereocenters. The molecule has 0 saturated carbocycles. The van der Waals surface area contributed by atoms with Crippen molar-refractivity contribution < 1.29 is 22.7 Å². The topological polar surface area (TPSA) is 38.3 Å². The van der Waals surface area contributed by atoms with E-state index in [2.05, 4.69) is 26.0 Å². The fraction of sp³-hybridized carbons (Fsp3) is 0.0714. The number of amides is 1. The number of hydrogen-bond donors (Lipinski definition) is 1. The molecule has 0 aliphatic carbocycles. The molecule has 2 aromatic carbocycles. The number of methoxy groups -OCH3 is 1. The van der Waals surface area contributed by atoms with Crippen LogP contribution in [0.4, 0.5) is 18.9 Å². The third-order valence-corrected chi connectivity index (χ3v) is 3.20. The third-order valence-electron chi connectivity index (χ3n) is 2.67. The van der Waals surface area contributed by atoms with E-state index in [-0.39, 0.29) is 0 Å². The molecule has 0 aliphatic rings. The van der Waals surface area contributed by atoms with Crippen molar-refractivity contribution in [2.24, 2.45) is 0 Å². The molecule has 0 radical (unpaired) electrons. The van der Waals surface area contributed by atoms with Crippen molar-refractivity contribution in [3.63, 3.8) is 0 Å². The molecule has 110 valence electrons. The number of hydrogen-bond acceptors (Lipinski definition) is 2. The largest absolute Gasteiger partial charge is 0.491 e. The first-order chi connectivity index (χ1) is 9.93. The van der Waals surface area contributed by atoms with E-state index in [0.717, 1.165) is 11.6 Å². The van der Waals surface area contributed by atoms with Crippen molar-refractivity contribution in [2.75, 3.05) is 12.4 Å². The second-order valence-electron chi connectivity index (χ2n) is 4.03. The van der Waals surface area contributed by atoms with Gasteiger partial charge in [0.05, 0.1) is 12.7 Å². The fourth-order valence-corrected chi connectivity index (χ4v) is 1.92. The smallest absolute Gasteiger partial charge is 0.258 e. The molecule has 21 heavy (non-hydrogen) atoms. The summed E-state index contributed by atoms with van der Waals surface area (Å²) >= 11 is 3.22. The zero-order valence-electron chi connectivity index (χ0n) is 10.7. The molecule has 2 aromatic rings. The number of halogens is 4. The first-order valence-corrected chi connectivity index (χ1v) is 6.51. The van der Waals surface area contributed by atoms with Crippen LogP contribution in [0.15, 0.2) is 34.8 Å². The van der Waals surface area contributed by atoms with Gasteiger partial charge < -0.3 is 10.1 Å². The third kappa shape index (κ3) is 3.18. The minimum absolute atomic E-state index is 0.381. The van der Waals surface area contributed by atoms with Gasteiger partial charge in [0.15, 0.2) is 17.4 Å². The molecule has 2 rings (SSSR count). The predicted octanol–water partition coefficient (Wildman–Crippen LogP) is 4.13. The standard InChI is InChI=1S/C14H9BrF3NO2/c1-21-13-11(17)9(6-10(16)12(13)18)14(20)19-8-4-2-7(15)3-5-8/h2-6H,1H3,(H,19,20). The van der Waals surface area contributed by atoms with Crippen molar-refractivity contribution in [1.82, 2.24) is 0 Å². The van der Waals surface area contributed by atoms with Crippen molar-refractivity contribution in [1.29, 1.82) is 0 Å². The van der Waals surface area contributed by atoms with E-state index in [1.807, 2.05) is 0 Å². The average Bonchev–Trinajstić information content (AvgIpc) is 2.46. The summed E-state index contributed by atoms with van der Waals surface area (Å²) in [6, 6.07) is 6.95. The van der Waals surface area contributed by atoms with E-state index in [9.17, 15) is 18.0 Å². The Bertz CT molecular complexity index is 690. The Morgan fingerprint density at radius 3 is 2.33 bits per heavy atom. The predicted molar refractivity (Wildman–Crippen MR) is 75.0 cm³/mol. The van der Waals surface area contributed by atoms with Gasteiger partial charge in [0.25, 0.3) is 5.91 Å². The summed E-state index contributed by atoms with van der Waals surface area (Å²) in [5.74, 6) is -5.95. The molecule has 0 bridgehead atoms. The van der Waals surface area contributed by atoms with Crippen molar-refractivity contribution >= 4 is 27.5 Å². The van der Waals surface area contributed by atoms with Crippen LogP contribution in [0.2, 0.25) is 0 Å². The van der Waals surface area contributed by atoms with Gasteiger partial charge in [-0.05, 0) is 30.3 Å². The van der Waals surface area contributed by atoms with E-state index in [1.54, 1.807) is 24.3 Å². The molecule has 0 unspecified atom stereocenters. The summed E-state index contributed by atoms with van der Waals surface area (Å²) < 4.78 is 45.8. The quantitative estimate of drug-likeness (QED) is 0.836. The fourth-order valence-electron chi connectivity index (χ4n) is 1.66. The maximum Gasteiger partial charge on any atom is 0.258 e. The lowest BCUT2D eigenvalue weighted by Gasteiger charge is -2.10. The minimum atomic E-state index is -1.48. The highest BCUT2D eigenvalue weighted by Gasteiger charge is 2.23. The van der Waals surface area contributed by atoms with Crippen molar-refractivity contribution in [3.8, 4) is 5.75 Å². The molecule has 1 amide bonds. The van der Waals surface area contributed by atoms with E-state index < -0.39 is 34.7 Å². The van der Waals surface area contributed by atoms with E-state index in [0.29, 0.717) is 11.8 Å². The number of ether oxygens (including phenoxy) is 1. The van der Waals surface area contributed by atoms with Gasteiger partial charge >= 0.3 is 0 Å². The maximum absolute atomic E-state index is 13.9. The Hall–Kier alpha value is -2.02. The normalized spacial score (nSPS) is 10.3. The van der Waals surface area contributed by atoms with Crippen LogP contribution in [0, 0.1) is 17.5 Å². The Morgan fingerprint density at radius 2 is 1.76 bits per heavy atom.